The third kappa shape index (κ3) is 2.97. The Labute approximate surface area is 154 Å². The van der Waals surface area contributed by atoms with E-state index in [1.54, 1.807) is 16.8 Å². The molecular weight excluding hydrogens is 348 g/mol. The van der Waals surface area contributed by atoms with Gasteiger partial charge in [-0.15, -0.1) is 15.3 Å². The van der Waals surface area contributed by atoms with Crippen LogP contribution in [0.5, 0.6) is 0 Å². The Morgan fingerprint density at radius 3 is 2.69 bits per heavy atom. The molecule has 0 saturated carbocycles. The van der Waals surface area contributed by atoms with Crippen LogP contribution >= 0.6 is 11.8 Å². The van der Waals surface area contributed by atoms with Crippen LogP contribution < -0.4 is 5.32 Å². The van der Waals surface area contributed by atoms with Gasteiger partial charge in [0, 0.05) is 11.9 Å². The first kappa shape index (κ1) is 16.4. The molecule has 0 spiro atoms. The van der Waals surface area contributed by atoms with Gasteiger partial charge in [0.05, 0.1) is 11.4 Å². The number of hydrogen-bond acceptors (Lipinski definition) is 8. The van der Waals surface area contributed by atoms with Crippen molar-refractivity contribution in [3.8, 4) is 11.4 Å². The number of hydrogen-bond donors (Lipinski definition) is 1. The number of thioether (sulfide) groups is 1. The number of fused-ring (bicyclic) bond motifs is 1. The fourth-order valence-electron chi connectivity index (χ4n) is 2.55. The van der Waals surface area contributed by atoms with Crippen molar-refractivity contribution in [3.05, 3.63) is 47.8 Å². The summed E-state index contributed by atoms with van der Waals surface area (Å²) in [5, 5.41) is 16.8. The van der Waals surface area contributed by atoms with Gasteiger partial charge in [0.25, 0.3) is 5.78 Å². The minimum absolute atomic E-state index is 0.475. The van der Waals surface area contributed by atoms with Gasteiger partial charge < -0.3 is 5.32 Å². The van der Waals surface area contributed by atoms with Gasteiger partial charge in [-0.05, 0) is 37.8 Å². The number of para-hydroxylation sites is 1. The Balaban J connectivity index is 1.73. The summed E-state index contributed by atoms with van der Waals surface area (Å²) in [6.45, 7) is 3.95. The van der Waals surface area contributed by atoms with Crippen molar-refractivity contribution in [3.63, 3.8) is 0 Å². The molecule has 0 atom stereocenters. The average Bonchev–Trinajstić information content (AvgIpc) is 3.09. The van der Waals surface area contributed by atoms with Crippen molar-refractivity contribution >= 4 is 29.2 Å². The Hall–Kier alpha value is -3.07. The molecule has 0 aliphatic carbocycles. The van der Waals surface area contributed by atoms with Gasteiger partial charge in [-0.1, -0.05) is 30.0 Å². The van der Waals surface area contributed by atoms with Gasteiger partial charge in [0.1, 0.15) is 5.69 Å². The predicted molar refractivity (Wildman–Crippen MR) is 101 cm³/mol. The molecule has 4 aromatic rings. The van der Waals surface area contributed by atoms with Crippen LogP contribution in [0.25, 0.3) is 17.2 Å². The smallest absolute Gasteiger partial charge is 0.272 e. The highest BCUT2D eigenvalue weighted by atomic mass is 32.2. The fourth-order valence-corrected chi connectivity index (χ4v) is 2.89. The largest absolute Gasteiger partial charge is 0.324 e. The molecule has 9 heteroatoms. The molecule has 0 amide bonds. The van der Waals surface area contributed by atoms with Crippen LogP contribution in [-0.4, -0.2) is 41.0 Å². The zero-order valence-corrected chi connectivity index (χ0v) is 15.3. The second-order valence-corrected chi connectivity index (χ2v) is 6.42. The maximum absolute atomic E-state index is 4.58. The van der Waals surface area contributed by atoms with Crippen LogP contribution in [0.3, 0.4) is 0 Å². The SMILES string of the molecule is CSc1nc2nnc(-c3ccnc(Nc4ccccc4C)n3)c(C)n2n1. The first-order valence-electron chi connectivity index (χ1n) is 7.96. The molecule has 0 radical (unpaired) electrons. The van der Waals surface area contributed by atoms with E-state index in [0.717, 1.165) is 16.9 Å². The van der Waals surface area contributed by atoms with Crippen molar-refractivity contribution in [2.45, 2.75) is 19.0 Å². The highest BCUT2D eigenvalue weighted by Gasteiger charge is 2.14. The molecule has 0 aliphatic heterocycles. The van der Waals surface area contributed by atoms with Gasteiger partial charge >= 0.3 is 0 Å². The number of benzene rings is 1. The number of aromatic nitrogens is 7. The van der Waals surface area contributed by atoms with Gasteiger partial charge in [-0.25, -0.2) is 9.97 Å². The van der Waals surface area contributed by atoms with Crippen LogP contribution in [0.4, 0.5) is 11.6 Å². The predicted octanol–water partition coefficient (Wildman–Crippen LogP) is 3.06. The van der Waals surface area contributed by atoms with Crippen LogP contribution in [0.1, 0.15) is 11.3 Å². The van der Waals surface area contributed by atoms with E-state index in [4.69, 9.17) is 0 Å². The lowest BCUT2D eigenvalue weighted by Gasteiger charge is -2.09. The summed E-state index contributed by atoms with van der Waals surface area (Å²) < 4.78 is 1.69. The minimum atomic E-state index is 0.475. The van der Waals surface area contributed by atoms with Crippen molar-refractivity contribution in [2.24, 2.45) is 0 Å². The van der Waals surface area contributed by atoms with E-state index in [2.05, 4.69) is 35.6 Å². The number of nitrogens with one attached hydrogen (secondary N) is 1. The van der Waals surface area contributed by atoms with Crippen molar-refractivity contribution in [1.82, 2.24) is 34.8 Å². The highest BCUT2D eigenvalue weighted by Crippen LogP contribution is 2.22. The summed E-state index contributed by atoms with van der Waals surface area (Å²) in [6, 6.07) is 9.79. The molecule has 1 aromatic carbocycles. The van der Waals surface area contributed by atoms with Crippen molar-refractivity contribution in [1.29, 1.82) is 0 Å². The topological polar surface area (TPSA) is 93.8 Å². The monoisotopic (exact) mass is 364 g/mol. The first-order chi connectivity index (χ1) is 12.7. The van der Waals surface area contributed by atoms with Gasteiger partial charge in [-0.2, -0.15) is 9.50 Å². The van der Waals surface area contributed by atoms with E-state index < -0.39 is 0 Å². The molecule has 0 bridgehead atoms. The van der Waals surface area contributed by atoms with E-state index in [9.17, 15) is 0 Å². The van der Waals surface area contributed by atoms with Crippen molar-refractivity contribution in [2.75, 3.05) is 11.6 Å². The summed E-state index contributed by atoms with van der Waals surface area (Å²) in [6.07, 6.45) is 3.62. The quantitative estimate of drug-likeness (QED) is 0.552. The third-order valence-electron chi connectivity index (χ3n) is 3.94. The Morgan fingerprint density at radius 1 is 1.04 bits per heavy atom. The van der Waals surface area contributed by atoms with E-state index >= 15 is 0 Å². The third-order valence-corrected chi connectivity index (χ3v) is 4.48. The summed E-state index contributed by atoms with van der Waals surface area (Å²) >= 11 is 1.46. The maximum atomic E-state index is 4.58. The second-order valence-electron chi connectivity index (χ2n) is 5.65. The summed E-state index contributed by atoms with van der Waals surface area (Å²) in [5.74, 6) is 0.976. The minimum Gasteiger partial charge on any atom is -0.324 e. The molecule has 0 unspecified atom stereocenters. The lowest BCUT2D eigenvalue weighted by atomic mass is 10.2. The standard InChI is InChI=1S/C17H16N8S/c1-10-6-4-5-7-12(10)19-15-18-9-8-13(20-15)14-11(2)25-16(23-22-14)21-17(24-25)26-3/h4-9H,1-3H3,(H,18,19,20). The molecule has 26 heavy (non-hydrogen) atoms. The Kier molecular flexibility index (Phi) is 4.21. The van der Waals surface area contributed by atoms with Gasteiger partial charge in [0.15, 0.2) is 0 Å². The first-order valence-corrected chi connectivity index (χ1v) is 9.18. The number of nitrogens with zero attached hydrogens (tertiary/aromatic N) is 7. The molecule has 0 fully saturated rings. The van der Waals surface area contributed by atoms with Crippen molar-refractivity contribution < 1.29 is 0 Å². The molecule has 8 nitrogen and oxygen atoms in total. The zero-order chi connectivity index (χ0) is 18.1. The normalized spacial score (nSPS) is 11.0. The molecule has 130 valence electrons. The summed E-state index contributed by atoms with van der Waals surface area (Å²) in [5.41, 5.74) is 4.22. The molecule has 1 N–H and O–H groups in total. The average molecular weight is 364 g/mol. The molecule has 3 aromatic heterocycles. The maximum Gasteiger partial charge on any atom is 0.272 e. The highest BCUT2D eigenvalue weighted by molar-refractivity contribution is 7.98. The van der Waals surface area contributed by atoms with Gasteiger partial charge in [0.2, 0.25) is 11.1 Å². The molecule has 0 saturated heterocycles. The van der Waals surface area contributed by atoms with E-state index in [1.165, 1.54) is 11.8 Å². The van der Waals surface area contributed by atoms with E-state index in [0.29, 0.717) is 28.3 Å². The summed E-state index contributed by atoms with van der Waals surface area (Å²) in [4.78, 5) is 13.2. The van der Waals surface area contributed by atoms with E-state index in [-0.39, 0.29) is 0 Å². The van der Waals surface area contributed by atoms with Crippen LogP contribution in [0.15, 0.2) is 41.7 Å². The number of aryl methyl sites for hydroxylation is 2. The van der Waals surface area contributed by atoms with Crippen LogP contribution in [0.2, 0.25) is 0 Å². The number of anilines is 2. The van der Waals surface area contributed by atoms with Gasteiger partial charge in [-0.3, -0.25) is 0 Å². The lowest BCUT2D eigenvalue weighted by molar-refractivity contribution is 0.824. The fraction of sp³-hybridized carbons (Fsp3) is 0.176. The molecule has 4 rings (SSSR count). The lowest BCUT2D eigenvalue weighted by Crippen LogP contribution is -2.05. The van der Waals surface area contributed by atoms with Crippen LogP contribution in [0, 0.1) is 13.8 Å². The zero-order valence-electron chi connectivity index (χ0n) is 14.5. The molecule has 3 heterocycles. The molecule has 0 aliphatic rings. The summed E-state index contributed by atoms with van der Waals surface area (Å²) in [7, 11) is 0. The van der Waals surface area contributed by atoms with E-state index in [1.807, 2.05) is 44.4 Å². The van der Waals surface area contributed by atoms with Crippen LogP contribution in [-0.2, 0) is 0 Å². The number of rotatable bonds is 4. The Morgan fingerprint density at radius 2 is 1.88 bits per heavy atom. The Bertz CT molecular complexity index is 1090. The molecular formula is C17H16N8S. The second kappa shape index (κ2) is 6.68.